The Labute approximate surface area is 239 Å². The topological polar surface area (TPSA) is 76.0 Å². The molecule has 11 atom stereocenters. The molecule has 0 spiro atoms. The van der Waals surface area contributed by atoms with Gasteiger partial charge in [0, 0.05) is 13.5 Å². The van der Waals surface area contributed by atoms with Crippen molar-refractivity contribution in [3.05, 3.63) is 42.5 Å². The lowest BCUT2D eigenvalue weighted by Gasteiger charge is -2.64. The van der Waals surface area contributed by atoms with Gasteiger partial charge in [-0.2, -0.15) is 0 Å². The second kappa shape index (κ2) is 10.7. The molecule has 4 fully saturated rings. The summed E-state index contributed by atoms with van der Waals surface area (Å²) in [4.78, 5) is 12.9. The normalized spacial score (nSPS) is 41.5. The molecule has 218 valence electrons. The molecule has 0 saturated heterocycles. The number of aliphatic hydroxyl groups is 2. The molecule has 5 nitrogen and oxygen atoms in total. The Bertz CT molecular complexity index is 1230. The first-order chi connectivity index (χ1) is 19.1. The van der Waals surface area contributed by atoms with Gasteiger partial charge >= 0.3 is 5.97 Å². The molecule has 4 aliphatic rings. The zero-order valence-electron chi connectivity index (χ0n) is 24.7. The summed E-state index contributed by atoms with van der Waals surface area (Å²) >= 11 is 0. The van der Waals surface area contributed by atoms with Crippen LogP contribution in [0.2, 0.25) is 0 Å². The zero-order valence-corrected chi connectivity index (χ0v) is 24.7. The Kier molecular flexibility index (Phi) is 7.55. The van der Waals surface area contributed by atoms with E-state index in [0.29, 0.717) is 47.7 Å². The second-order valence-corrected chi connectivity index (χ2v) is 14.2. The van der Waals surface area contributed by atoms with E-state index < -0.39 is 0 Å². The number of esters is 1. The number of rotatable bonds is 6. The molecule has 2 aromatic carbocycles. The number of hydrogen-bond donors (Lipinski definition) is 2. The summed E-state index contributed by atoms with van der Waals surface area (Å²) in [5, 5.41) is 24.5. The van der Waals surface area contributed by atoms with Crippen LogP contribution in [0.4, 0.5) is 0 Å². The maximum absolute atomic E-state index is 12.9. The number of carbonyl (C=O) groups excluding carboxylic acids is 1. The largest absolute Gasteiger partial charge is 0.427 e. The van der Waals surface area contributed by atoms with E-state index in [-0.39, 0.29) is 35.1 Å². The minimum Gasteiger partial charge on any atom is -0.427 e. The lowest BCUT2D eigenvalue weighted by Crippen LogP contribution is -2.62. The lowest BCUT2D eigenvalue weighted by molar-refractivity contribution is -0.212. The zero-order chi connectivity index (χ0) is 28.2. The summed E-state index contributed by atoms with van der Waals surface area (Å²) in [6.45, 7) is 7.06. The van der Waals surface area contributed by atoms with Crippen molar-refractivity contribution < 1.29 is 24.5 Å². The molecule has 0 heterocycles. The van der Waals surface area contributed by atoms with E-state index in [2.05, 4.69) is 26.8 Å². The average molecular weight is 549 g/mol. The maximum atomic E-state index is 12.9. The van der Waals surface area contributed by atoms with Gasteiger partial charge in [-0.3, -0.25) is 4.79 Å². The van der Waals surface area contributed by atoms with Crippen LogP contribution in [-0.4, -0.2) is 41.6 Å². The van der Waals surface area contributed by atoms with Crippen LogP contribution in [0.1, 0.15) is 78.6 Å². The van der Waals surface area contributed by atoms with Gasteiger partial charge in [-0.25, -0.2) is 0 Å². The Balaban J connectivity index is 1.14. The van der Waals surface area contributed by atoms with Gasteiger partial charge in [0.1, 0.15) is 5.75 Å². The molecule has 0 bridgehead atoms. The summed E-state index contributed by atoms with van der Waals surface area (Å²) in [5.41, 5.74) is -0.00550. The highest BCUT2D eigenvalue weighted by molar-refractivity contribution is 5.84. The number of fused-ring (bicyclic) bond motifs is 6. The lowest BCUT2D eigenvalue weighted by atomic mass is 9.43. The summed E-state index contributed by atoms with van der Waals surface area (Å²) in [6, 6.07) is 13.9. The van der Waals surface area contributed by atoms with E-state index >= 15 is 0 Å². The quantitative estimate of drug-likeness (QED) is 0.308. The van der Waals surface area contributed by atoms with E-state index in [0.717, 1.165) is 62.1 Å². The Morgan fingerprint density at radius 3 is 2.55 bits per heavy atom. The molecule has 6 rings (SSSR count). The highest BCUT2D eigenvalue weighted by Crippen LogP contribution is 2.68. The van der Waals surface area contributed by atoms with Gasteiger partial charge in [0.05, 0.1) is 18.3 Å². The predicted octanol–water partition coefficient (Wildman–Crippen LogP) is 6.78. The fraction of sp³-hybridized carbons (Fsp3) is 0.686. The number of ether oxygens (including phenoxy) is 2. The summed E-state index contributed by atoms with van der Waals surface area (Å²) in [5.74, 6) is 2.88. The van der Waals surface area contributed by atoms with Crippen molar-refractivity contribution >= 4 is 16.7 Å². The molecule has 4 aliphatic carbocycles. The van der Waals surface area contributed by atoms with Crippen LogP contribution < -0.4 is 4.74 Å². The fourth-order valence-electron chi connectivity index (χ4n) is 10.3. The maximum Gasteiger partial charge on any atom is 0.311 e. The van der Waals surface area contributed by atoms with Gasteiger partial charge in [-0.05, 0) is 121 Å². The number of carbonyl (C=O) groups is 1. The van der Waals surface area contributed by atoms with Crippen molar-refractivity contribution in [2.24, 2.45) is 46.3 Å². The smallest absolute Gasteiger partial charge is 0.311 e. The van der Waals surface area contributed by atoms with E-state index in [1.165, 1.54) is 0 Å². The highest BCUT2D eigenvalue weighted by Gasteiger charge is 2.66. The molecule has 0 amide bonds. The van der Waals surface area contributed by atoms with Gasteiger partial charge in [0.2, 0.25) is 0 Å². The van der Waals surface area contributed by atoms with Crippen LogP contribution >= 0.6 is 0 Å². The number of benzene rings is 2. The molecule has 5 heteroatoms. The fourth-order valence-corrected chi connectivity index (χ4v) is 10.3. The van der Waals surface area contributed by atoms with Gasteiger partial charge < -0.3 is 19.7 Å². The molecule has 2 N–H and O–H groups in total. The number of methoxy groups -OCH3 is 1. The van der Waals surface area contributed by atoms with E-state index in [1.807, 2.05) is 43.5 Å². The minimum atomic E-state index is -0.349. The average Bonchev–Trinajstić information content (AvgIpc) is 3.31. The summed E-state index contributed by atoms with van der Waals surface area (Å²) < 4.78 is 11.9. The molecule has 0 radical (unpaired) electrons. The predicted molar refractivity (Wildman–Crippen MR) is 157 cm³/mol. The first-order valence-corrected chi connectivity index (χ1v) is 15.7. The van der Waals surface area contributed by atoms with Crippen LogP contribution in [-0.2, 0) is 9.53 Å². The van der Waals surface area contributed by atoms with Crippen LogP contribution in [0.15, 0.2) is 42.5 Å². The molecule has 0 aromatic heterocycles. The summed E-state index contributed by atoms with van der Waals surface area (Å²) in [6.07, 6.45) is 7.65. The van der Waals surface area contributed by atoms with Crippen LogP contribution in [0.5, 0.6) is 5.75 Å². The second-order valence-electron chi connectivity index (χ2n) is 14.2. The Morgan fingerprint density at radius 1 is 1.00 bits per heavy atom. The van der Waals surface area contributed by atoms with E-state index in [4.69, 9.17) is 9.47 Å². The van der Waals surface area contributed by atoms with Crippen molar-refractivity contribution in [2.45, 2.75) is 96.9 Å². The van der Waals surface area contributed by atoms with Crippen LogP contribution in [0, 0.1) is 46.3 Å². The van der Waals surface area contributed by atoms with Crippen LogP contribution in [0.25, 0.3) is 10.8 Å². The highest BCUT2D eigenvalue weighted by atomic mass is 16.5. The standard InChI is InChI=1S/C35H48O5/c1-21(9-14-32(38)40-26-11-10-22-7-5-6-8-23(22)17-26)27-12-13-28-33-29(20-31(37)35(27,28)3)34(2)16-15-25(36)18-24(34)19-30(33)39-4/h5-8,10-11,17,21,24-25,27-31,33,36-37H,9,12-16,18-20H2,1-4H3/t21-,24+,25-,27-,28+,29+,30-,31+,33+,34+,35-/m1/s1. The molecule has 4 saturated carbocycles. The number of aliphatic hydroxyl groups excluding tert-OH is 2. The van der Waals surface area contributed by atoms with Crippen molar-refractivity contribution in [2.75, 3.05) is 7.11 Å². The first-order valence-electron chi connectivity index (χ1n) is 15.7. The Morgan fingerprint density at radius 2 is 1.77 bits per heavy atom. The molecule has 0 unspecified atom stereocenters. The third kappa shape index (κ3) is 4.61. The van der Waals surface area contributed by atoms with Crippen molar-refractivity contribution in [1.82, 2.24) is 0 Å². The van der Waals surface area contributed by atoms with Crippen molar-refractivity contribution in [3.8, 4) is 5.75 Å². The van der Waals surface area contributed by atoms with E-state index in [9.17, 15) is 15.0 Å². The van der Waals surface area contributed by atoms with Gasteiger partial charge in [0.25, 0.3) is 0 Å². The molecule has 0 aliphatic heterocycles. The molecule has 40 heavy (non-hydrogen) atoms. The third-order valence-electron chi connectivity index (χ3n) is 12.6. The van der Waals surface area contributed by atoms with Crippen molar-refractivity contribution in [1.29, 1.82) is 0 Å². The summed E-state index contributed by atoms with van der Waals surface area (Å²) in [7, 11) is 1.86. The van der Waals surface area contributed by atoms with Gasteiger partial charge in [-0.15, -0.1) is 0 Å². The SMILES string of the molecule is CO[C@@H]1C[C@@H]2C[C@H](O)CC[C@]2(C)[C@H]2C[C@H](O)[C@]3(C)[C@@H]([C@H](C)CCC(=O)Oc4ccc5ccccc5c4)CC[C@H]3[C@H]12. The van der Waals surface area contributed by atoms with E-state index in [1.54, 1.807) is 0 Å². The first kappa shape index (κ1) is 28.2. The van der Waals surface area contributed by atoms with Crippen molar-refractivity contribution in [3.63, 3.8) is 0 Å². The van der Waals surface area contributed by atoms with Gasteiger partial charge in [-0.1, -0.05) is 51.1 Å². The number of hydrogen-bond acceptors (Lipinski definition) is 5. The monoisotopic (exact) mass is 548 g/mol. The van der Waals surface area contributed by atoms with Gasteiger partial charge in [0.15, 0.2) is 0 Å². The molecular weight excluding hydrogens is 500 g/mol. The van der Waals surface area contributed by atoms with Crippen LogP contribution in [0.3, 0.4) is 0 Å². The third-order valence-corrected chi connectivity index (χ3v) is 12.6. The molecular formula is C35H48O5. The molecule has 2 aromatic rings. The Hall–Kier alpha value is -1.95. The minimum absolute atomic E-state index is 0.164.